The summed E-state index contributed by atoms with van der Waals surface area (Å²) in [6, 6.07) is 6.45. The Labute approximate surface area is 97.3 Å². The first-order chi connectivity index (χ1) is 8.22. The van der Waals surface area contributed by atoms with Crippen molar-refractivity contribution in [2.24, 2.45) is 0 Å². The van der Waals surface area contributed by atoms with E-state index in [4.69, 9.17) is 4.74 Å². The molecule has 1 heterocycles. The summed E-state index contributed by atoms with van der Waals surface area (Å²) < 4.78 is 5.09. The minimum Gasteiger partial charge on any atom is -0.486 e. The fourth-order valence-corrected chi connectivity index (χ4v) is 1.50. The number of anilines is 1. The quantitative estimate of drug-likeness (QED) is 0.565. The number of ether oxygens (including phenoxy) is 1. The fraction of sp³-hybridized carbons (Fsp3) is 0.0833. The molecular formula is C12H9NO4. The second-order valence-electron chi connectivity index (χ2n) is 3.32. The van der Waals surface area contributed by atoms with E-state index in [0.29, 0.717) is 17.7 Å². The molecular weight excluding hydrogens is 222 g/mol. The number of benzene rings is 1. The van der Waals surface area contributed by atoms with Crippen LogP contribution >= 0.6 is 0 Å². The molecule has 0 fully saturated rings. The van der Waals surface area contributed by atoms with Crippen molar-refractivity contribution >= 4 is 23.8 Å². The number of nitrogens with zero attached hydrogens (tertiary/aromatic N) is 1. The predicted molar refractivity (Wildman–Crippen MR) is 59.6 cm³/mol. The number of hydrogen-bond acceptors (Lipinski definition) is 4. The average Bonchev–Trinajstić information content (AvgIpc) is 2.67. The topological polar surface area (TPSA) is 63.7 Å². The van der Waals surface area contributed by atoms with E-state index >= 15 is 0 Å². The summed E-state index contributed by atoms with van der Waals surface area (Å²) in [6.07, 6.45) is 3.04. The number of rotatable bonds is 4. The molecule has 0 saturated carbocycles. The van der Waals surface area contributed by atoms with Gasteiger partial charge in [0.25, 0.3) is 11.8 Å². The van der Waals surface area contributed by atoms with Crippen molar-refractivity contribution in [3.05, 3.63) is 36.4 Å². The molecule has 0 spiro atoms. The zero-order valence-electron chi connectivity index (χ0n) is 8.83. The number of carbonyl (C=O) groups is 3. The van der Waals surface area contributed by atoms with Gasteiger partial charge in [-0.2, -0.15) is 0 Å². The summed E-state index contributed by atoms with van der Waals surface area (Å²) in [4.78, 5) is 34.1. The molecule has 17 heavy (non-hydrogen) atoms. The maximum atomic E-state index is 11.4. The lowest BCUT2D eigenvalue weighted by Crippen LogP contribution is -2.29. The lowest BCUT2D eigenvalue weighted by molar-refractivity contribution is -0.120. The molecule has 0 saturated heterocycles. The van der Waals surface area contributed by atoms with Gasteiger partial charge in [0.15, 0.2) is 6.29 Å². The number of imide groups is 1. The Hall–Kier alpha value is -2.43. The third-order valence-electron chi connectivity index (χ3n) is 2.20. The molecule has 2 amide bonds. The monoisotopic (exact) mass is 231 g/mol. The summed E-state index contributed by atoms with van der Waals surface area (Å²) in [5.41, 5.74) is 0.424. The Morgan fingerprint density at radius 3 is 2.53 bits per heavy atom. The summed E-state index contributed by atoms with van der Waals surface area (Å²) in [5.74, 6) is -0.341. The van der Waals surface area contributed by atoms with E-state index in [9.17, 15) is 14.4 Å². The van der Waals surface area contributed by atoms with Crippen molar-refractivity contribution in [2.75, 3.05) is 11.5 Å². The maximum Gasteiger partial charge on any atom is 0.258 e. The maximum absolute atomic E-state index is 11.4. The summed E-state index contributed by atoms with van der Waals surface area (Å²) in [5, 5.41) is 0. The fourth-order valence-electron chi connectivity index (χ4n) is 1.50. The Kier molecular flexibility index (Phi) is 3.00. The highest BCUT2D eigenvalue weighted by Gasteiger charge is 2.25. The molecule has 1 aromatic carbocycles. The van der Waals surface area contributed by atoms with Crippen LogP contribution < -0.4 is 9.64 Å². The summed E-state index contributed by atoms with van der Waals surface area (Å²) >= 11 is 0. The molecule has 5 nitrogen and oxygen atoms in total. The highest BCUT2D eigenvalue weighted by atomic mass is 16.5. The van der Waals surface area contributed by atoms with Crippen LogP contribution in [0.2, 0.25) is 0 Å². The number of aldehydes is 1. The molecule has 0 aromatic heterocycles. The van der Waals surface area contributed by atoms with Crippen LogP contribution in [0.3, 0.4) is 0 Å². The number of carbonyl (C=O) groups excluding carboxylic acids is 3. The molecule has 0 aliphatic carbocycles. The van der Waals surface area contributed by atoms with E-state index < -0.39 is 0 Å². The van der Waals surface area contributed by atoms with Gasteiger partial charge in [0.05, 0.1) is 5.69 Å². The Morgan fingerprint density at radius 2 is 1.88 bits per heavy atom. The minimum atomic E-state index is -0.387. The smallest absolute Gasteiger partial charge is 0.258 e. The Morgan fingerprint density at radius 1 is 1.18 bits per heavy atom. The molecule has 0 radical (unpaired) electrons. The van der Waals surface area contributed by atoms with Crippen molar-refractivity contribution in [1.82, 2.24) is 0 Å². The number of hydrogen-bond donors (Lipinski definition) is 0. The van der Waals surface area contributed by atoms with E-state index in [2.05, 4.69) is 0 Å². The molecule has 1 aliphatic rings. The normalized spacial score (nSPS) is 14.2. The predicted octanol–water partition coefficient (Wildman–Crippen LogP) is 0.694. The Balaban J connectivity index is 2.24. The van der Waals surface area contributed by atoms with Crippen molar-refractivity contribution in [3.63, 3.8) is 0 Å². The Bertz CT molecular complexity index is 489. The van der Waals surface area contributed by atoms with Gasteiger partial charge < -0.3 is 4.74 Å². The van der Waals surface area contributed by atoms with Gasteiger partial charge in [-0.15, -0.1) is 0 Å². The highest BCUT2D eigenvalue weighted by molar-refractivity contribution is 6.28. The van der Waals surface area contributed by atoms with Gasteiger partial charge in [0, 0.05) is 18.2 Å². The van der Waals surface area contributed by atoms with Gasteiger partial charge >= 0.3 is 0 Å². The van der Waals surface area contributed by atoms with Gasteiger partial charge in [-0.25, -0.2) is 4.90 Å². The van der Waals surface area contributed by atoms with Crippen LogP contribution in [0.25, 0.3) is 0 Å². The molecule has 0 N–H and O–H groups in total. The zero-order valence-corrected chi connectivity index (χ0v) is 8.83. The van der Waals surface area contributed by atoms with Crippen LogP contribution in [0.15, 0.2) is 36.4 Å². The minimum absolute atomic E-state index is 0.0659. The van der Waals surface area contributed by atoms with Gasteiger partial charge in [-0.05, 0) is 12.1 Å². The molecule has 5 heteroatoms. The molecule has 0 atom stereocenters. The van der Waals surface area contributed by atoms with E-state index in [1.54, 1.807) is 18.2 Å². The van der Waals surface area contributed by atoms with Crippen molar-refractivity contribution in [3.8, 4) is 5.75 Å². The van der Waals surface area contributed by atoms with Crippen molar-refractivity contribution in [1.29, 1.82) is 0 Å². The highest BCUT2D eigenvalue weighted by Crippen LogP contribution is 2.23. The van der Waals surface area contributed by atoms with Crippen LogP contribution in [-0.2, 0) is 14.4 Å². The van der Waals surface area contributed by atoms with Crippen molar-refractivity contribution < 1.29 is 19.1 Å². The second-order valence-corrected chi connectivity index (χ2v) is 3.32. The van der Waals surface area contributed by atoms with Crippen LogP contribution in [0.4, 0.5) is 5.69 Å². The third-order valence-corrected chi connectivity index (χ3v) is 2.20. The molecule has 1 aromatic rings. The van der Waals surface area contributed by atoms with Crippen LogP contribution in [0.1, 0.15) is 0 Å². The molecule has 0 bridgehead atoms. The van der Waals surface area contributed by atoms with Gasteiger partial charge in [-0.1, -0.05) is 6.07 Å². The lowest BCUT2D eigenvalue weighted by atomic mass is 10.2. The van der Waals surface area contributed by atoms with Crippen LogP contribution in [0, 0.1) is 0 Å². The second kappa shape index (κ2) is 4.61. The third kappa shape index (κ3) is 2.23. The average molecular weight is 231 g/mol. The standard InChI is InChI=1S/C12H9NO4/c14-6-7-17-10-3-1-2-9(8-10)13-11(15)4-5-12(13)16/h1-6,8H,7H2. The van der Waals surface area contributed by atoms with E-state index in [1.165, 1.54) is 18.2 Å². The molecule has 1 aliphatic heterocycles. The van der Waals surface area contributed by atoms with E-state index in [0.717, 1.165) is 4.90 Å². The SMILES string of the molecule is O=CCOc1cccc(N2C(=O)C=CC2=O)c1. The molecule has 0 unspecified atom stereocenters. The number of amides is 2. The summed E-state index contributed by atoms with van der Waals surface area (Å²) in [7, 11) is 0. The first kappa shape index (κ1) is 11.1. The summed E-state index contributed by atoms with van der Waals surface area (Å²) in [6.45, 7) is -0.0659. The lowest BCUT2D eigenvalue weighted by Gasteiger charge is -2.14. The van der Waals surface area contributed by atoms with Crippen LogP contribution in [-0.4, -0.2) is 24.7 Å². The van der Waals surface area contributed by atoms with Gasteiger partial charge in [0.2, 0.25) is 0 Å². The van der Waals surface area contributed by atoms with E-state index in [1.807, 2.05) is 0 Å². The van der Waals surface area contributed by atoms with Crippen LogP contribution in [0.5, 0.6) is 5.75 Å². The molecule has 86 valence electrons. The van der Waals surface area contributed by atoms with Gasteiger partial charge in [0.1, 0.15) is 12.4 Å². The largest absolute Gasteiger partial charge is 0.486 e. The van der Waals surface area contributed by atoms with Gasteiger partial charge in [-0.3, -0.25) is 14.4 Å². The molecule has 2 rings (SSSR count). The van der Waals surface area contributed by atoms with E-state index in [-0.39, 0.29) is 18.4 Å². The first-order valence-electron chi connectivity index (χ1n) is 4.95. The zero-order chi connectivity index (χ0) is 12.3. The van der Waals surface area contributed by atoms with Crippen molar-refractivity contribution in [2.45, 2.75) is 0 Å². The first-order valence-corrected chi connectivity index (χ1v) is 4.95.